The Kier molecular flexibility index (Phi) is 5.16. The molecular weight excluding hydrogens is 234 g/mol. The molecule has 4 heteroatoms. The number of hydrogen-bond acceptors (Lipinski definition) is 3. The molecule has 1 aliphatic carbocycles. The summed E-state index contributed by atoms with van der Waals surface area (Å²) in [6.45, 7) is 3.68. The summed E-state index contributed by atoms with van der Waals surface area (Å²) in [6, 6.07) is 0.368. The minimum atomic E-state index is 0.317. The Morgan fingerprint density at radius 1 is 1.41 bits per heavy atom. The van der Waals surface area contributed by atoms with E-state index < -0.39 is 0 Å². The normalized spacial score (nSPS) is 28.9. The second-order valence-electron chi connectivity index (χ2n) is 4.90. The highest BCUT2D eigenvalue weighted by molar-refractivity contribution is 7.99. The van der Waals surface area contributed by atoms with Gasteiger partial charge >= 0.3 is 0 Å². The van der Waals surface area contributed by atoms with Gasteiger partial charge in [-0.3, -0.25) is 4.79 Å². The lowest BCUT2D eigenvalue weighted by molar-refractivity contribution is -0.146. The van der Waals surface area contributed by atoms with Crippen LogP contribution in [0.2, 0.25) is 0 Å². The number of rotatable bonds is 4. The van der Waals surface area contributed by atoms with E-state index in [-0.39, 0.29) is 0 Å². The molecule has 17 heavy (non-hydrogen) atoms. The van der Waals surface area contributed by atoms with Crippen LogP contribution in [0.3, 0.4) is 0 Å². The zero-order valence-electron chi connectivity index (χ0n) is 10.7. The van der Waals surface area contributed by atoms with Crippen LogP contribution in [0.4, 0.5) is 0 Å². The molecule has 1 aliphatic heterocycles. The summed E-state index contributed by atoms with van der Waals surface area (Å²) >= 11 is 1.76. The number of thioether (sulfide) groups is 1. The van der Waals surface area contributed by atoms with Crippen LogP contribution < -0.4 is 0 Å². The van der Waals surface area contributed by atoms with Gasteiger partial charge in [0.05, 0.1) is 24.5 Å². The van der Waals surface area contributed by atoms with Crippen LogP contribution >= 0.6 is 11.8 Å². The number of ether oxygens (including phenoxy) is 1. The van der Waals surface area contributed by atoms with Crippen LogP contribution in [0.5, 0.6) is 0 Å². The van der Waals surface area contributed by atoms with Crippen molar-refractivity contribution in [3.05, 3.63) is 0 Å². The quantitative estimate of drug-likeness (QED) is 0.724. The van der Waals surface area contributed by atoms with Crippen molar-refractivity contribution >= 4 is 17.7 Å². The summed E-state index contributed by atoms with van der Waals surface area (Å²) in [5, 5.41) is 0. The van der Waals surface area contributed by atoms with Gasteiger partial charge in [0.15, 0.2) is 0 Å². The molecule has 98 valence electrons. The van der Waals surface area contributed by atoms with Crippen molar-refractivity contribution in [3.8, 4) is 0 Å². The summed E-state index contributed by atoms with van der Waals surface area (Å²) in [7, 11) is 0. The van der Waals surface area contributed by atoms with E-state index in [4.69, 9.17) is 4.74 Å². The maximum absolute atomic E-state index is 12.2. The van der Waals surface area contributed by atoms with Crippen molar-refractivity contribution in [1.29, 1.82) is 0 Å². The Hall–Kier alpha value is -0.220. The van der Waals surface area contributed by atoms with Gasteiger partial charge in [-0.05, 0) is 25.0 Å². The van der Waals surface area contributed by atoms with Crippen LogP contribution in [-0.2, 0) is 9.53 Å². The van der Waals surface area contributed by atoms with E-state index in [1.165, 1.54) is 12.8 Å². The minimum absolute atomic E-state index is 0.317. The number of hydrogen-bond donors (Lipinski definition) is 0. The second kappa shape index (κ2) is 6.64. The van der Waals surface area contributed by atoms with Crippen LogP contribution in [0.1, 0.15) is 39.0 Å². The number of nitrogens with zero attached hydrogens (tertiary/aromatic N) is 1. The average molecular weight is 257 g/mol. The highest BCUT2D eigenvalue weighted by Gasteiger charge is 2.36. The van der Waals surface area contributed by atoms with Crippen molar-refractivity contribution in [1.82, 2.24) is 4.90 Å². The largest absolute Gasteiger partial charge is 0.374 e. The molecule has 0 aromatic rings. The lowest BCUT2D eigenvalue weighted by Gasteiger charge is -2.43. The van der Waals surface area contributed by atoms with Crippen LogP contribution in [0, 0.1) is 0 Å². The van der Waals surface area contributed by atoms with Crippen molar-refractivity contribution < 1.29 is 9.53 Å². The molecule has 1 amide bonds. The molecule has 2 rings (SSSR count). The Balaban J connectivity index is 1.87. The summed E-state index contributed by atoms with van der Waals surface area (Å²) in [5.74, 6) is 2.06. The van der Waals surface area contributed by atoms with Crippen LogP contribution in [0.25, 0.3) is 0 Å². The van der Waals surface area contributed by atoms with Crippen molar-refractivity contribution in [3.63, 3.8) is 0 Å². The molecule has 1 saturated carbocycles. The lowest BCUT2D eigenvalue weighted by Crippen LogP contribution is -2.55. The molecule has 0 aromatic heterocycles. The zero-order valence-corrected chi connectivity index (χ0v) is 11.5. The molecule has 2 atom stereocenters. The molecule has 1 saturated heterocycles. The molecule has 2 fully saturated rings. The summed E-state index contributed by atoms with van der Waals surface area (Å²) in [5.41, 5.74) is 0. The average Bonchev–Trinajstić information content (AvgIpc) is 2.38. The second-order valence-corrected chi connectivity index (χ2v) is 6.01. The van der Waals surface area contributed by atoms with Crippen LogP contribution in [0.15, 0.2) is 0 Å². The fraction of sp³-hybridized carbons (Fsp3) is 0.923. The predicted molar refractivity (Wildman–Crippen MR) is 71.3 cm³/mol. The first kappa shape index (κ1) is 13.2. The number of carbonyl (C=O) groups is 1. The Labute approximate surface area is 108 Å². The first-order valence-corrected chi connectivity index (χ1v) is 7.97. The topological polar surface area (TPSA) is 29.5 Å². The molecule has 1 heterocycles. The number of carbonyl (C=O) groups excluding carboxylic acids is 1. The van der Waals surface area contributed by atoms with E-state index in [1.54, 1.807) is 11.8 Å². The highest BCUT2D eigenvalue weighted by Crippen LogP contribution is 2.28. The van der Waals surface area contributed by atoms with Gasteiger partial charge in [0.1, 0.15) is 0 Å². The van der Waals surface area contributed by atoms with E-state index in [2.05, 4.69) is 11.8 Å². The predicted octanol–water partition coefficient (Wildman–Crippen LogP) is 2.30. The molecular formula is C13H23NO2S. The fourth-order valence-electron chi connectivity index (χ4n) is 2.79. The third-order valence-corrected chi connectivity index (χ3v) is 4.77. The van der Waals surface area contributed by atoms with E-state index >= 15 is 0 Å². The monoisotopic (exact) mass is 257 g/mol. The first-order chi connectivity index (χ1) is 8.33. The van der Waals surface area contributed by atoms with Gasteiger partial charge in [-0.25, -0.2) is 0 Å². The van der Waals surface area contributed by atoms with Gasteiger partial charge < -0.3 is 9.64 Å². The van der Waals surface area contributed by atoms with Crippen molar-refractivity contribution in [2.24, 2.45) is 0 Å². The van der Waals surface area contributed by atoms with E-state index in [9.17, 15) is 4.79 Å². The molecule has 0 radical (unpaired) electrons. The van der Waals surface area contributed by atoms with Gasteiger partial charge in [0, 0.05) is 6.54 Å². The first-order valence-electron chi connectivity index (χ1n) is 6.81. The third-order valence-electron chi connectivity index (χ3n) is 3.63. The number of fused-ring (bicyclic) bond motifs is 1. The van der Waals surface area contributed by atoms with Gasteiger partial charge in [-0.1, -0.05) is 19.8 Å². The summed E-state index contributed by atoms with van der Waals surface area (Å²) in [6.07, 6.45) is 6.24. The van der Waals surface area contributed by atoms with E-state index in [0.717, 1.165) is 38.2 Å². The molecule has 3 nitrogen and oxygen atoms in total. The molecule has 0 bridgehead atoms. The Morgan fingerprint density at radius 2 is 2.24 bits per heavy atom. The van der Waals surface area contributed by atoms with Gasteiger partial charge in [0.2, 0.25) is 5.91 Å². The standard InChI is InChI=1S/C13H23NO2S/c1-2-9-17-10-13(15)14-7-8-16-12-6-4-3-5-11(12)14/h11-12H,2-10H2,1H3. The van der Waals surface area contributed by atoms with Crippen molar-refractivity contribution in [2.45, 2.75) is 51.2 Å². The SMILES string of the molecule is CCCSCC(=O)N1CCOC2CCCCC21. The Morgan fingerprint density at radius 3 is 3.06 bits per heavy atom. The highest BCUT2D eigenvalue weighted by atomic mass is 32.2. The third kappa shape index (κ3) is 3.38. The van der Waals surface area contributed by atoms with Gasteiger partial charge in [-0.2, -0.15) is 11.8 Å². The van der Waals surface area contributed by atoms with Gasteiger partial charge in [0.25, 0.3) is 0 Å². The summed E-state index contributed by atoms with van der Waals surface area (Å²) < 4.78 is 5.79. The summed E-state index contributed by atoms with van der Waals surface area (Å²) in [4.78, 5) is 14.3. The van der Waals surface area contributed by atoms with Crippen molar-refractivity contribution in [2.75, 3.05) is 24.7 Å². The Bertz CT molecular complexity index is 258. The van der Waals surface area contributed by atoms with Gasteiger partial charge in [-0.15, -0.1) is 0 Å². The molecule has 0 aromatic carbocycles. The minimum Gasteiger partial charge on any atom is -0.374 e. The van der Waals surface area contributed by atoms with E-state index in [0.29, 0.717) is 23.8 Å². The molecule has 2 aliphatic rings. The molecule has 0 N–H and O–H groups in total. The molecule has 0 spiro atoms. The zero-order chi connectivity index (χ0) is 12.1. The van der Waals surface area contributed by atoms with Crippen LogP contribution in [-0.4, -0.2) is 47.6 Å². The van der Waals surface area contributed by atoms with E-state index in [1.807, 2.05) is 0 Å². The maximum Gasteiger partial charge on any atom is 0.232 e. The lowest BCUT2D eigenvalue weighted by atomic mass is 9.90. The maximum atomic E-state index is 12.2. The molecule has 2 unspecified atom stereocenters. The number of morpholine rings is 1. The smallest absolute Gasteiger partial charge is 0.232 e. The fourth-order valence-corrected chi connectivity index (χ4v) is 3.57. The number of amides is 1.